The van der Waals surface area contributed by atoms with E-state index in [1.807, 2.05) is 0 Å². The number of ketones is 1. The maximum Gasteiger partial charge on any atom is 0.290 e. The van der Waals surface area contributed by atoms with E-state index in [1.54, 1.807) is 12.1 Å². The molecular weight excluding hydrogens is 326 g/mol. The molecule has 7 nitrogen and oxygen atoms in total. The summed E-state index contributed by atoms with van der Waals surface area (Å²) in [7, 11) is 1.42. The largest absolute Gasteiger partial charge is 0.504 e. The molecule has 7 heteroatoms. The zero-order valence-corrected chi connectivity index (χ0v) is 14.2. The van der Waals surface area contributed by atoms with E-state index in [2.05, 4.69) is 0 Å². The lowest BCUT2D eigenvalue weighted by Gasteiger charge is -2.29. The summed E-state index contributed by atoms with van der Waals surface area (Å²) in [6, 6.07) is 3.89. The molecule has 0 aromatic heterocycles. The normalized spacial score (nSPS) is 23.4. The maximum absolute atomic E-state index is 12.5. The Morgan fingerprint density at radius 1 is 1.40 bits per heavy atom. The second-order valence-electron chi connectivity index (χ2n) is 6.24. The van der Waals surface area contributed by atoms with Gasteiger partial charge in [0.05, 0.1) is 24.8 Å². The molecule has 25 heavy (non-hydrogen) atoms. The molecule has 0 radical (unpaired) electrons. The van der Waals surface area contributed by atoms with E-state index < -0.39 is 17.7 Å². The van der Waals surface area contributed by atoms with Crippen LogP contribution in [0.2, 0.25) is 0 Å². The lowest BCUT2D eigenvalue weighted by atomic mass is 9.96. The summed E-state index contributed by atoms with van der Waals surface area (Å²) >= 11 is 0. The van der Waals surface area contributed by atoms with Crippen LogP contribution in [0.5, 0.6) is 11.5 Å². The Bertz CT molecular complexity index is 735. The van der Waals surface area contributed by atoms with Crippen LogP contribution in [0.15, 0.2) is 29.5 Å². The molecule has 1 aromatic rings. The van der Waals surface area contributed by atoms with E-state index >= 15 is 0 Å². The number of nitrogens with zero attached hydrogens (tertiary/aromatic N) is 1. The number of hydrogen-bond donors (Lipinski definition) is 2. The number of Topliss-reactive ketones (excluding diaryl/α,β-unsaturated/α-hetero) is 1. The number of amides is 1. The Morgan fingerprint density at radius 3 is 2.76 bits per heavy atom. The van der Waals surface area contributed by atoms with Gasteiger partial charge in [-0.3, -0.25) is 9.59 Å². The minimum Gasteiger partial charge on any atom is -0.504 e. The Hall–Kier alpha value is -2.54. The lowest BCUT2D eigenvalue weighted by molar-refractivity contribution is -0.131. The van der Waals surface area contributed by atoms with Crippen molar-refractivity contribution in [1.29, 1.82) is 0 Å². The Morgan fingerprint density at radius 2 is 2.16 bits per heavy atom. The molecule has 2 heterocycles. The van der Waals surface area contributed by atoms with Crippen molar-refractivity contribution in [1.82, 2.24) is 4.90 Å². The molecule has 2 aliphatic rings. The first-order valence-corrected chi connectivity index (χ1v) is 8.17. The van der Waals surface area contributed by atoms with Crippen LogP contribution in [0.3, 0.4) is 0 Å². The molecule has 0 spiro atoms. The second-order valence-corrected chi connectivity index (χ2v) is 6.24. The van der Waals surface area contributed by atoms with Gasteiger partial charge in [-0.2, -0.15) is 0 Å². The number of aliphatic hydroxyl groups excluding tert-OH is 1. The summed E-state index contributed by atoms with van der Waals surface area (Å²) < 4.78 is 10.7. The van der Waals surface area contributed by atoms with Crippen LogP contribution >= 0.6 is 0 Å². The summed E-state index contributed by atoms with van der Waals surface area (Å²) in [4.78, 5) is 26.1. The smallest absolute Gasteiger partial charge is 0.290 e. The van der Waals surface area contributed by atoms with Gasteiger partial charge in [0.2, 0.25) is 0 Å². The number of ether oxygens (including phenoxy) is 2. The first-order valence-electron chi connectivity index (χ1n) is 8.17. The van der Waals surface area contributed by atoms with E-state index in [4.69, 9.17) is 9.47 Å². The van der Waals surface area contributed by atoms with E-state index in [9.17, 15) is 19.8 Å². The van der Waals surface area contributed by atoms with Crippen LogP contribution in [-0.2, 0) is 14.3 Å². The van der Waals surface area contributed by atoms with Gasteiger partial charge in [-0.25, -0.2) is 0 Å². The van der Waals surface area contributed by atoms with Gasteiger partial charge < -0.3 is 24.6 Å². The van der Waals surface area contributed by atoms with Crippen LogP contribution < -0.4 is 4.74 Å². The quantitative estimate of drug-likeness (QED) is 0.844. The lowest BCUT2D eigenvalue weighted by Crippen LogP contribution is -2.37. The van der Waals surface area contributed by atoms with Crippen molar-refractivity contribution < 1.29 is 29.3 Å². The zero-order chi connectivity index (χ0) is 18.1. The number of methoxy groups -OCH3 is 1. The molecule has 1 amide bonds. The topological polar surface area (TPSA) is 96.3 Å². The Balaban J connectivity index is 2.02. The Labute approximate surface area is 145 Å². The van der Waals surface area contributed by atoms with Crippen LogP contribution in [-0.4, -0.2) is 53.2 Å². The predicted molar refractivity (Wildman–Crippen MR) is 88.4 cm³/mol. The molecule has 1 aromatic carbocycles. The second kappa shape index (κ2) is 6.76. The number of aliphatic hydroxyl groups is 1. The van der Waals surface area contributed by atoms with E-state index in [-0.39, 0.29) is 35.5 Å². The average molecular weight is 347 g/mol. The van der Waals surface area contributed by atoms with Crippen molar-refractivity contribution >= 4 is 11.7 Å². The molecule has 3 rings (SSSR count). The van der Waals surface area contributed by atoms with Gasteiger partial charge >= 0.3 is 0 Å². The molecule has 0 bridgehead atoms. The SMILES string of the molecule is COc1cc([C@@H]2C(C(C)=O)=C(O)C(=O)N2C[C@@H]2CCCO2)ccc1O. The number of carbonyl (C=O) groups is 2. The summed E-state index contributed by atoms with van der Waals surface area (Å²) in [6.45, 7) is 2.25. The monoisotopic (exact) mass is 347 g/mol. The van der Waals surface area contributed by atoms with Gasteiger partial charge in [0.25, 0.3) is 5.91 Å². The molecular formula is C18H21NO6. The fraction of sp³-hybridized carbons (Fsp3) is 0.444. The fourth-order valence-electron chi connectivity index (χ4n) is 3.42. The van der Waals surface area contributed by atoms with Crippen molar-refractivity contribution in [3.05, 3.63) is 35.1 Å². The van der Waals surface area contributed by atoms with Gasteiger partial charge in [0.15, 0.2) is 23.0 Å². The van der Waals surface area contributed by atoms with Gasteiger partial charge in [-0.1, -0.05) is 6.07 Å². The third-order valence-corrected chi connectivity index (χ3v) is 4.63. The third kappa shape index (κ3) is 3.07. The summed E-state index contributed by atoms with van der Waals surface area (Å²) in [5.41, 5.74) is 0.631. The maximum atomic E-state index is 12.5. The molecule has 1 saturated heterocycles. The first-order chi connectivity index (χ1) is 11.9. The molecule has 0 unspecified atom stereocenters. The molecule has 1 fully saturated rings. The van der Waals surface area contributed by atoms with Crippen LogP contribution in [0.25, 0.3) is 0 Å². The van der Waals surface area contributed by atoms with Crippen LogP contribution in [0, 0.1) is 0 Å². The van der Waals surface area contributed by atoms with Gasteiger partial charge in [-0.05, 0) is 37.5 Å². The molecule has 134 valence electrons. The Kier molecular flexibility index (Phi) is 4.67. The highest BCUT2D eigenvalue weighted by molar-refractivity contribution is 6.08. The van der Waals surface area contributed by atoms with E-state index in [0.29, 0.717) is 12.2 Å². The summed E-state index contributed by atoms with van der Waals surface area (Å²) in [5, 5.41) is 20.0. The van der Waals surface area contributed by atoms with Gasteiger partial charge in [-0.15, -0.1) is 0 Å². The number of benzene rings is 1. The minimum atomic E-state index is -0.733. The van der Waals surface area contributed by atoms with Crippen molar-refractivity contribution in [3.63, 3.8) is 0 Å². The molecule has 0 saturated carbocycles. The number of phenols is 1. The fourth-order valence-corrected chi connectivity index (χ4v) is 3.42. The predicted octanol–water partition coefficient (Wildman–Crippen LogP) is 1.86. The third-order valence-electron chi connectivity index (χ3n) is 4.63. The molecule has 2 aliphatic heterocycles. The first kappa shape index (κ1) is 17.3. The number of carbonyl (C=O) groups excluding carboxylic acids is 2. The van der Waals surface area contributed by atoms with Crippen molar-refractivity contribution in [2.45, 2.75) is 31.9 Å². The van der Waals surface area contributed by atoms with E-state index in [1.165, 1.54) is 25.0 Å². The number of rotatable bonds is 5. The number of phenolic OH excluding ortho intramolecular Hbond substituents is 1. The highest BCUT2D eigenvalue weighted by atomic mass is 16.5. The zero-order valence-electron chi connectivity index (χ0n) is 14.2. The molecule has 2 N–H and O–H groups in total. The van der Waals surface area contributed by atoms with Crippen LogP contribution in [0.1, 0.15) is 31.4 Å². The standard InChI is InChI=1S/C18H21NO6/c1-10(20)15-16(11-5-6-13(21)14(8-11)24-2)19(18(23)17(15)22)9-12-4-3-7-25-12/h5-6,8,12,16,21-22H,3-4,7,9H2,1-2H3/t12-,16+/m0/s1. The average Bonchev–Trinajstić information content (AvgIpc) is 3.17. The summed E-state index contributed by atoms with van der Waals surface area (Å²) in [5.74, 6) is -1.30. The highest BCUT2D eigenvalue weighted by Crippen LogP contribution is 2.40. The minimum absolute atomic E-state index is 0.0428. The van der Waals surface area contributed by atoms with Gasteiger partial charge in [0, 0.05) is 13.2 Å². The van der Waals surface area contributed by atoms with E-state index in [0.717, 1.165) is 12.8 Å². The highest BCUT2D eigenvalue weighted by Gasteiger charge is 2.43. The van der Waals surface area contributed by atoms with Crippen LogP contribution in [0.4, 0.5) is 0 Å². The number of aromatic hydroxyl groups is 1. The summed E-state index contributed by atoms with van der Waals surface area (Å²) in [6.07, 6.45) is 1.62. The van der Waals surface area contributed by atoms with Gasteiger partial charge in [0.1, 0.15) is 0 Å². The molecule has 2 atom stereocenters. The van der Waals surface area contributed by atoms with Crippen molar-refractivity contribution in [3.8, 4) is 11.5 Å². The number of hydrogen-bond acceptors (Lipinski definition) is 6. The van der Waals surface area contributed by atoms with Crippen molar-refractivity contribution in [2.24, 2.45) is 0 Å². The molecule has 0 aliphatic carbocycles. The van der Waals surface area contributed by atoms with Crippen molar-refractivity contribution in [2.75, 3.05) is 20.3 Å².